The fourth-order valence-corrected chi connectivity index (χ4v) is 4.99. The second-order valence-electron chi connectivity index (χ2n) is 7.99. The van der Waals surface area contributed by atoms with Crippen LogP contribution in [-0.4, -0.2) is 36.6 Å². The maximum Gasteiger partial charge on any atom is 0.163 e. The molecule has 9 heteroatoms. The van der Waals surface area contributed by atoms with Crippen LogP contribution in [0.5, 0.6) is 0 Å². The monoisotopic (exact) mass is 390 g/mol. The van der Waals surface area contributed by atoms with Gasteiger partial charge in [0.25, 0.3) is 0 Å². The molecule has 0 bridgehead atoms. The maximum absolute atomic E-state index is 14.2. The van der Waals surface area contributed by atoms with E-state index < -0.39 is 23.4 Å². The second kappa shape index (κ2) is 6.66. The van der Waals surface area contributed by atoms with Gasteiger partial charge in [-0.1, -0.05) is 0 Å². The zero-order valence-electron chi connectivity index (χ0n) is 15.2. The van der Waals surface area contributed by atoms with Crippen molar-refractivity contribution in [3.63, 3.8) is 0 Å². The molecule has 1 saturated carbocycles. The molecule has 28 heavy (non-hydrogen) atoms. The summed E-state index contributed by atoms with van der Waals surface area (Å²) in [5, 5.41) is 4.55. The Morgan fingerprint density at radius 1 is 1.14 bits per heavy atom. The van der Waals surface area contributed by atoms with Gasteiger partial charge in [-0.25, -0.2) is 27.7 Å². The molecule has 2 aromatic rings. The van der Waals surface area contributed by atoms with Gasteiger partial charge >= 0.3 is 0 Å². The molecule has 3 aliphatic rings. The molecule has 2 aliphatic carbocycles. The topological polar surface area (TPSA) is 72.3 Å². The van der Waals surface area contributed by atoms with E-state index in [0.29, 0.717) is 18.9 Å². The van der Waals surface area contributed by atoms with Crippen LogP contribution in [0, 0.1) is 11.8 Å². The molecule has 4 atom stereocenters. The van der Waals surface area contributed by atoms with Crippen LogP contribution in [0.25, 0.3) is 5.65 Å². The van der Waals surface area contributed by atoms with E-state index in [1.807, 2.05) is 0 Å². The molecule has 1 aliphatic heterocycles. The van der Waals surface area contributed by atoms with E-state index in [1.54, 1.807) is 10.8 Å². The van der Waals surface area contributed by atoms with Gasteiger partial charge in [-0.05, 0) is 25.2 Å². The molecule has 2 aromatic heterocycles. The fourth-order valence-electron chi connectivity index (χ4n) is 4.99. The Morgan fingerprint density at radius 3 is 2.82 bits per heavy atom. The molecule has 3 heterocycles. The summed E-state index contributed by atoms with van der Waals surface area (Å²) >= 11 is 0. The van der Waals surface area contributed by atoms with Crippen molar-refractivity contribution in [2.45, 2.75) is 50.9 Å². The van der Waals surface area contributed by atoms with Crippen LogP contribution in [0.1, 0.15) is 36.9 Å². The van der Waals surface area contributed by atoms with Crippen LogP contribution in [0.2, 0.25) is 0 Å². The van der Waals surface area contributed by atoms with E-state index in [2.05, 4.69) is 20.0 Å². The van der Waals surface area contributed by atoms with Crippen molar-refractivity contribution in [2.75, 3.05) is 0 Å². The quantitative estimate of drug-likeness (QED) is 0.854. The van der Waals surface area contributed by atoms with E-state index in [-0.39, 0.29) is 24.4 Å². The summed E-state index contributed by atoms with van der Waals surface area (Å²) in [5.74, 6) is -3.40. The summed E-state index contributed by atoms with van der Waals surface area (Å²) < 4.78 is 42.9. The van der Waals surface area contributed by atoms with E-state index in [0.717, 1.165) is 36.4 Å². The number of nitrogens with two attached hydrogens (primary N) is 1. The number of fused-ring (bicyclic) bond motifs is 3. The van der Waals surface area contributed by atoms with Gasteiger partial charge in [0.1, 0.15) is 24.3 Å². The Labute approximate surface area is 159 Å². The molecule has 1 fully saturated rings. The number of hydrogen-bond donors (Lipinski definition) is 1. The minimum atomic E-state index is -1.10. The van der Waals surface area contributed by atoms with Gasteiger partial charge in [0.2, 0.25) is 0 Å². The zero-order valence-corrected chi connectivity index (χ0v) is 15.2. The van der Waals surface area contributed by atoms with Gasteiger partial charge < -0.3 is 5.73 Å². The van der Waals surface area contributed by atoms with Gasteiger partial charge in [0.15, 0.2) is 11.5 Å². The first-order valence-corrected chi connectivity index (χ1v) is 9.58. The number of allylic oxidation sites excluding steroid dienone is 4. The fraction of sp³-hybridized carbons (Fsp3) is 0.526. The van der Waals surface area contributed by atoms with Crippen LogP contribution in [0.3, 0.4) is 0 Å². The number of nitrogens with zero attached hydrogens (tertiary/aromatic N) is 5. The Kier molecular flexibility index (Phi) is 4.24. The molecule has 2 N–H and O–H groups in total. The summed E-state index contributed by atoms with van der Waals surface area (Å²) in [6.07, 6.45) is 5.85. The van der Waals surface area contributed by atoms with Crippen LogP contribution in [-0.2, 0) is 13.1 Å². The lowest BCUT2D eigenvalue weighted by Crippen LogP contribution is -2.47. The maximum atomic E-state index is 14.2. The molecule has 0 aromatic carbocycles. The third-order valence-electron chi connectivity index (χ3n) is 6.44. The highest BCUT2D eigenvalue weighted by atomic mass is 19.2. The van der Waals surface area contributed by atoms with Crippen molar-refractivity contribution in [1.29, 1.82) is 0 Å². The second-order valence-corrected chi connectivity index (χ2v) is 7.99. The van der Waals surface area contributed by atoms with Gasteiger partial charge in [0.05, 0.1) is 5.69 Å². The van der Waals surface area contributed by atoms with Crippen LogP contribution in [0.4, 0.5) is 13.2 Å². The highest BCUT2D eigenvalue weighted by Crippen LogP contribution is 2.43. The predicted octanol–water partition coefficient (Wildman–Crippen LogP) is 2.96. The minimum absolute atomic E-state index is 0.178. The van der Waals surface area contributed by atoms with E-state index >= 15 is 0 Å². The van der Waals surface area contributed by atoms with E-state index in [9.17, 15) is 13.2 Å². The highest BCUT2D eigenvalue weighted by Gasteiger charge is 2.41. The Balaban J connectivity index is 1.27. The standard InChI is InChI=1S/C19H21F3N6/c20-14-5-16(22)15(21)4-12(14)11-2-1-10(3-17(11)23)27-6-13-18(7-27)26-28-9-24-8-25-19(13)28/h5,8-12,17H,1-4,6-7,23H2/t10?,11-,12?,17?/m1/s1. The summed E-state index contributed by atoms with van der Waals surface area (Å²) in [4.78, 5) is 10.6. The molecule has 5 rings (SSSR count). The molecule has 3 unspecified atom stereocenters. The van der Waals surface area contributed by atoms with Crippen molar-refractivity contribution in [3.05, 3.63) is 47.5 Å². The van der Waals surface area contributed by atoms with Crippen molar-refractivity contribution in [3.8, 4) is 0 Å². The lowest BCUT2D eigenvalue weighted by Gasteiger charge is -2.41. The molecule has 148 valence electrons. The summed E-state index contributed by atoms with van der Waals surface area (Å²) in [5.41, 5.74) is 9.32. The molecule has 0 amide bonds. The Morgan fingerprint density at radius 2 is 2.00 bits per heavy atom. The molecule has 0 spiro atoms. The third kappa shape index (κ3) is 2.84. The van der Waals surface area contributed by atoms with Crippen molar-refractivity contribution in [1.82, 2.24) is 24.5 Å². The smallest absolute Gasteiger partial charge is 0.163 e. The number of hydrogen-bond acceptors (Lipinski definition) is 5. The average molecular weight is 390 g/mol. The minimum Gasteiger partial charge on any atom is -0.327 e. The van der Waals surface area contributed by atoms with Crippen LogP contribution < -0.4 is 5.73 Å². The first kappa shape index (κ1) is 17.8. The zero-order chi connectivity index (χ0) is 19.4. The number of aromatic nitrogens is 4. The number of rotatable bonds is 2. The van der Waals surface area contributed by atoms with Gasteiger partial charge in [-0.3, -0.25) is 4.90 Å². The first-order valence-electron chi connectivity index (χ1n) is 9.58. The lowest BCUT2D eigenvalue weighted by atomic mass is 9.72. The first-order chi connectivity index (χ1) is 13.5. The molecular weight excluding hydrogens is 369 g/mol. The molecule has 0 saturated heterocycles. The lowest BCUT2D eigenvalue weighted by molar-refractivity contribution is 0.0986. The normalized spacial score (nSPS) is 31.4. The third-order valence-corrected chi connectivity index (χ3v) is 6.44. The van der Waals surface area contributed by atoms with Crippen molar-refractivity contribution >= 4 is 5.65 Å². The van der Waals surface area contributed by atoms with E-state index in [4.69, 9.17) is 5.73 Å². The van der Waals surface area contributed by atoms with Gasteiger partial charge in [-0.15, -0.1) is 0 Å². The van der Waals surface area contributed by atoms with Crippen molar-refractivity contribution in [2.24, 2.45) is 17.6 Å². The van der Waals surface area contributed by atoms with E-state index in [1.165, 1.54) is 6.33 Å². The molecule has 6 nitrogen and oxygen atoms in total. The van der Waals surface area contributed by atoms with Gasteiger partial charge in [0, 0.05) is 49.2 Å². The summed E-state index contributed by atoms with van der Waals surface area (Å²) in [6, 6.07) is 0.00307. The van der Waals surface area contributed by atoms with Crippen molar-refractivity contribution < 1.29 is 13.2 Å². The SMILES string of the molecule is NC1CC(N2Cc3nn4cncnc4c3C2)CC[C@@H]1C1CC(F)=C(F)C=C1F. The predicted molar refractivity (Wildman–Crippen MR) is 95.7 cm³/mol. The summed E-state index contributed by atoms with van der Waals surface area (Å²) in [7, 11) is 0. The summed E-state index contributed by atoms with van der Waals surface area (Å²) in [6.45, 7) is 1.47. The highest BCUT2D eigenvalue weighted by molar-refractivity contribution is 5.50. The van der Waals surface area contributed by atoms with Gasteiger partial charge in [-0.2, -0.15) is 5.10 Å². The number of halogens is 3. The Hall–Kier alpha value is -2.26. The molecule has 0 radical (unpaired) electrons. The van der Waals surface area contributed by atoms with Crippen LogP contribution in [0.15, 0.2) is 36.2 Å². The average Bonchev–Trinajstić information content (AvgIpc) is 3.23. The largest absolute Gasteiger partial charge is 0.327 e. The van der Waals surface area contributed by atoms with Crippen LogP contribution >= 0.6 is 0 Å². The molecular formula is C19H21F3N6. The Bertz CT molecular complexity index is 983.